The molecule has 0 saturated heterocycles. The lowest BCUT2D eigenvalue weighted by Gasteiger charge is -2.18. The topological polar surface area (TPSA) is 51.2 Å². The van der Waals surface area contributed by atoms with Crippen molar-refractivity contribution in [2.75, 3.05) is 6.54 Å². The number of amides is 1. The van der Waals surface area contributed by atoms with Crippen LogP contribution in [-0.2, 0) is 11.2 Å². The molecule has 0 aliphatic rings. The molecule has 0 spiro atoms. The Kier molecular flexibility index (Phi) is 7.04. The molecule has 2 aromatic carbocycles. The first-order chi connectivity index (χ1) is 13.9. The van der Waals surface area contributed by atoms with Gasteiger partial charge in [-0.25, -0.2) is 4.98 Å². The number of para-hydroxylation sites is 1. The van der Waals surface area contributed by atoms with Crippen LogP contribution in [0.25, 0.3) is 11.3 Å². The van der Waals surface area contributed by atoms with Crippen molar-refractivity contribution in [3.05, 3.63) is 70.0 Å². The van der Waals surface area contributed by atoms with Crippen LogP contribution in [0.3, 0.4) is 0 Å². The Morgan fingerprint density at radius 3 is 2.48 bits per heavy atom. The number of carbonyl (C=O) groups excluding carboxylic acids is 1. The van der Waals surface area contributed by atoms with Gasteiger partial charge in [0.1, 0.15) is 5.75 Å². The summed E-state index contributed by atoms with van der Waals surface area (Å²) in [7, 11) is 0. The Labute approximate surface area is 177 Å². The number of nitrogens with zero attached hydrogens (tertiary/aromatic N) is 1. The molecule has 1 heterocycles. The first-order valence-corrected chi connectivity index (χ1v) is 10.9. The maximum atomic E-state index is 12.4. The molecule has 5 heteroatoms. The van der Waals surface area contributed by atoms with E-state index < -0.39 is 6.10 Å². The zero-order valence-electron chi connectivity index (χ0n) is 17.4. The SMILES string of the molecule is Cc1nc(-c2ccc(CCNC(=O)C(C)Oc3ccccc3C(C)C)cc2)cs1. The van der Waals surface area contributed by atoms with Gasteiger partial charge in [-0.2, -0.15) is 0 Å². The number of ether oxygens (including phenoxy) is 1. The number of thiazole rings is 1. The highest BCUT2D eigenvalue weighted by Gasteiger charge is 2.16. The van der Waals surface area contributed by atoms with Crippen molar-refractivity contribution in [3.8, 4) is 17.0 Å². The van der Waals surface area contributed by atoms with Crippen LogP contribution < -0.4 is 10.1 Å². The Morgan fingerprint density at radius 2 is 1.83 bits per heavy atom. The second-order valence-electron chi connectivity index (χ2n) is 7.44. The molecule has 4 nitrogen and oxygen atoms in total. The predicted molar refractivity (Wildman–Crippen MR) is 120 cm³/mol. The first kappa shape index (κ1) is 21.1. The molecule has 3 aromatic rings. The van der Waals surface area contributed by atoms with Gasteiger partial charge in [-0.05, 0) is 43.4 Å². The van der Waals surface area contributed by atoms with E-state index in [9.17, 15) is 4.79 Å². The smallest absolute Gasteiger partial charge is 0.260 e. The second kappa shape index (κ2) is 9.70. The monoisotopic (exact) mass is 408 g/mol. The van der Waals surface area contributed by atoms with Gasteiger partial charge in [0.05, 0.1) is 10.7 Å². The molecule has 0 aliphatic carbocycles. The normalized spacial score (nSPS) is 12.0. The maximum absolute atomic E-state index is 12.4. The van der Waals surface area contributed by atoms with Crippen LogP contribution in [0, 0.1) is 6.92 Å². The van der Waals surface area contributed by atoms with E-state index >= 15 is 0 Å². The number of rotatable bonds is 8. The Balaban J connectivity index is 1.49. The Hall–Kier alpha value is -2.66. The van der Waals surface area contributed by atoms with E-state index in [1.54, 1.807) is 18.3 Å². The lowest BCUT2D eigenvalue weighted by Crippen LogP contribution is -2.37. The van der Waals surface area contributed by atoms with Crippen LogP contribution in [-0.4, -0.2) is 23.5 Å². The minimum absolute atomic E-state index is 0.0990. The summed E-state index contributed by atoms with van der Waals surface area (Å²) in [5.74, 6) is 1.02. The van der Waals surface area contributed by atoms with Gasteiger partial charge in [-0.3, -0.25) is 4.79 Å². The average molecular weight is 409 g/mol. The van der Waals surface area contributed by atoms with Gasteiger partial charge in [0, 0.05) is 17.5 Å². The first-order valence-electron chi connectivity index (χ1n) is 9.98. The van der Waals surface area contributed by atoms with Gasteiger partial charge >= 0.3 is 0 Å². The molecule has 0 saturated carbocycles. The highest BCUT2D eigenvalue weighted by atomic mass is 32.1. The highest BCUT2D eigenvalue weighted by Crippen LogP contribution is 2.26. The molecule has 1 atom stereocenters. The third kappa shape index (κ3) is 5.67. The number of benzene rings is 2. The van der Waals surface area contributed by atoms with Crippen LogP contribution in [0.15, 0.2) is 53.9 Å². The molecule has 1 amide bonds. The number of aryl methyl sites for hydroxylation is 1. The van der Waals surface area contributed by atoms with E-state index in [-0.39, 0.29) is 5.91 Å². The molecule has 3 rings (SSSR count). The number of hydrogen-bond acceptors (Lipinski definition) is 4. The van der Waals surface area contributed by atoms with E-state index in [1.807, 2.05) is 31.2 Å². The summed E-state index contributed by atoms with van der Waals surface area (Å²) < 4.78 is 5.92. The zero-order chi connectivity index (χ0) is 20.8. The standard InChI is InChI=1S/C24H28N2O2S/c1-16(2)21-7-5-6-8-23(21)28-17(3)24(27)25-14-13-19-9-11-20(12-10-19)22-15-29-18(4)26-22/h5-12,15-17H,13-14H2,1-4H3,(H,25,27). The second-order valence-corrected chi connectivity index (χ2v) is 8.50. The molecular formula is C24H28N2O2S. The summed E-state index contributed by atoms with van der Waals surface area (Å²) >= 11 is 1.66. The molecule has 0 aliphatic heterocycles. The van der Waals surface area contributed by atoms with Crippen LogP contribution in [0.5, 0.6) is 5.75 Å². The lowest BCUT2D eigenvalue weighted by atomic mass is 10.0. The van der Waals surface area contributed by atoms with Gasteiger partial charge in [0.15, 0.2) is 6.10 Å². The van der Waals surface area contributed by atoms with Crippen LogP contribution >= 0.6 is 11.3 Å². The van der Waals surface area contributed by atoms with Crippen molar-refractivity contribution in [3.63, 3.8) is 0 Å². The third-order valence-corrected chi connectivity index (χ3v) is 5.57. The summed E-state index contributed by atoms with van der Waals surface area (Å²) in [5.41, 5.74) is 4.43. The summed E-state index contributed by atoms with van der Waals surface area (Å²) in [6.07, 6.45) is 0.238. The number of carbonyl (C=O) groups is 1. The van der Waals surface area contributed by atoms with Crippen LogP contribution in [0.4, 0.5) is 0 Å². The largest absolute Gasteiger partial charge is 0.481 e. The number of aromatic nitrogens is 1. The van der Waals surface area contributed by atoms with E-state index in [0.29, 0.717) is 12.5 Å². The van der Waals surface area contributed by atoms with Gasteiger partial charge in [0.2, 0.25) is 0 Å². The Bertz CT molecular complexity index is 948. The van der Waals surface area contributed by atoms with Gasteiger partial charge in [-0.1, -0.05) is 56.3 Å². The third-order valence-electron chi connectivity index (χ3n) is 4.80. The van der Waals surface area contributed by atoms with Crippen molar-refractivity contribution in [1.82, 2.24) is 10.3 Å². The van der Waals surface area contributed by atoms with E-state index in [0.717, 1.165) is 34.0 Å². The van der Waals surface area contributed by atoms with E-state index in [4.69, 9.17) is 4.74 Å². The fourth-order valence-corrected chi connectivity index (χ4v) is 3.74. The molecule has 152 valence electrons. The van der Waals surface area contributed by atoms with Crippen LogP contribution in [0.2, 0.25) is 0 Å². The molecule has 1 N–H and O–H groups in total. The van der Waals surface area contributed by atoms with Crippen molar-refractivity contribution in [2.45, 2.75) is 46.1 Å². The predicted octanol–water partition coefficient (Wildman–Crippen LogP) is 5.37. The minimum atomic E-state index is -0.537. The summed E-state index contributed by atoms with van der Waals surface area (Å²) in [4.78, 5) is 16.9. The molecule has 0 bridgehead atoms. The maximum Gasteiger partial charge on any atom is 0.260 e. The van der Waals surface area contributed by atoms with Gasteiger partial charge in [-0.15, -0.1) is 11.3 Å². The fourth-order valence-electron chi connectivity index (χ4n) is 3.12. The molecule has 1 unspecified atom stereocenters. The van der Waals surface area contributed by atoms with Gasteiger partial charge in [0.25, 0.3) is 5.91 Å². The lowest BCUT2D eigenvalue weighted by molar-refractivity contribution is -0.127. The summed E-state index contributed by atoms with van der Waals surface area (Å²) in [5, 5.41) is 6.12. The van der Waals surface area contributed by atoms with Gasteiger partial charge < -0.3 is 10.1 Å². The minimum Gasteiger partial charge on any atom is -0.481 e. The highest BCUT2D eigenvalue weighted by molar-refractivity contribution is 7.09. The molecule has 1 aromatic heterocycles. The summed E-state index contributed by atoms with van der Waals surface area (Å²) in [6, 6.07) is 16.2. The number of hydrogen-bond donors (Lipinski definition) is 1. The zero-order valence-corrected chi connectivity index (χ0v) is 18.3. The number of nitrogens with one attached hydrogen (secondary N) is 1. The van der Waals surface area contributed by atoms with Crippen LogP contribution in [0.1, 0.15) is 42.8 Å². The van der Waals surface area contributed by atoms with E-state index in [1.165, 1.54) is 5.56 Å². The van der Waals surface area contributed by atoms with Crippen molar-refractivity contribution < 1.29 is 9.53 Å². The quantitative estimate of drug-likeness (QED) is 0.545. The van der Waals surface area contributed by atoms with Crippen molar-refractivity contribution in [2.24, 2.45) is 0 Å². The summed E-state index contributed by atoms with van der Waals surface area (Å²) in [6.45, 7) is 8.61. The average Bonchev–Trinajstić information content (AvgIpc) is 3.15. The molecular weight excluding hydrogens is 380 g/mol. The molecule has 29 heavy (non-hydrogen) atoms. The Morgan fingerprint density at radius 1 is 1.10 bits per heavy atom. The van der Waals surface area contributed by atoms with Crippen molar-refractivity contribution >= 4 is 17.2 Å². The van der Waals surface area contributed by atoms with E-state index in [2.05, 4.69) is 53.8 Å². The van der Waals surface area contributed by atoms with Crippen molar-refractivity contribution in [1.29, 1.82) is 0 Å². The molecule has 0 fully saturated rings. The molecule has 0 radical (unpaired) electrons. The fraction of sp³-hybridized carbons (Fsp3) is 0.333.